The SMILES string of the molecule is CN=C(NCc1cn(C)nc1C(F)(F)F)N1CCC2C(CCCN2Cc2ccccc2)C1. The summed E-state index contributed by atoms with van der Waals surface area (Å²) in [5.41, 5.74) is 0.623. The van der Waals surface area contributed by atoms with E-state index >= 15 is 0 Å². The van der Waals surface area contributed by atoms with Gasteiger partial charge < -0.3 is 10.2 Å². The van der Waals surface area contributed by atoms with Gasteiger partial charge in [0.25, 0.3) is 0 Å². The van der Waals surface area contributed by atoms with Crippen molar-refractivity contribution in [1.82, 2.24) is 24.9 Å². The summed E-state index contributed by atoms with van der Waals surface area (Å²) >= 11 is 0. The van der Waals surface area contributed by atoms with E-state index in [4.69, 9.17) is 0 Å². The first-order chi connectivity index (χ1) is 15.3. The molecule has 174 valence electrons. The molecule has 0 aliphatic carbocycles. The van der Waals surface area contributed by atoms with Crippen molar-refractivity contribution in [2.75, 3.05) is 26.7 Å². The van der Waals surface area contributed by atoms with Gasteiger partial charge in [-0.2, -0.15) is 18.3 Å². The lowest BCUT2D eigenvalue weighted by atomic mass is 9.83. The first kappa shape index (κ1) is 22.6. The Morgan fingerprint density at radius 1 is 1.19 bits per heavy atom. The number of benzene rings is 1. The molecule has 2 atom stereocenters. The minimum absolute atomic E-state index is 0.0418. The molecule has 32 heavy (non-hydrogen) atoms. The van der Waals surface area contributed by atoms with Crippen molar-refractivity contribution in [1.29, 1.82) is 0 Å². The zero-order valence-electron chi connectivity index (χ0n) is 18.6. The largest absolute Gasteiger partial charge is 0.435 e. The number of alkyl halides is 3. The van der Waals surface area contributed by atoms with Crippen molar-refractivity contribution in [3.05, 3.63) is 53.3 Å². The highest BCUT2D eigenvalue weighted by Gasteiger charge is 2.38. The lowest BCUT2D eigenvalue weighted by Gasteiger charge is -2.48. The number of nitrogens with zero attached hydrogens (tertiary/aromatic N) is 5. The number of rotatable bonds is 4. The molecule has 2 aliphatic rings. The maximum atomic E-state index is 13.3. The van der Waals surface area contributed by atoms with Crippen molar-refractivity contribution in [3.63, 3.8) is 0 Å². The number of aryl methyl sites for hydroxylation is 1. The molecule has 2 fully saturated rings. The third kappa shape index (κ3) is 5.09. The predicted molar refractivity (Wildman–Crippen MR) is 118 cm³/mol. The van der Waals surface area contributed by atoms with Gasteiger partial charge in [0.15, 0.2) is 11.7 Å². The molecule has 1 N–H and O–H groups in total. The van der Waals surface area contributed by atoms with E-state index < -0.39 is 11.9 Å². The first-order valence-electron chi connectivity index (χ1n) is 11.2. The second-order valence-electron chi connectivity index (χ2n) is 8.74. The van der Waals surface area contributed by atoms with Crippen LogP contribution in [-0.4, -0.2) is 58.3 Å². The zero-order chi connectivity index (χ0) is 22.7. The minimum atomic E-state index is -4.47. The van der Waals surface area contributed by atoms with E-state index in [1.54, 1.807) is 7.05 Å². The molecule has 0 spiro atoms. The highest BCUT2D eigenvalue weighted by atomic mass is 19.4. The number of hydrogen-bond acceptors (Lipinski definition) is 3. The number of nitrogens with one attached hydrogen (secondary N) is 1. The molecular weight excluding hydrogens is 417 g/mol. The highest BCUT2D eigenvalue weighted by Crippen LogP contribution is 2.32. The molecule has 0 amide bonds. The maximum Gasteiger partial charge on any atom is 0.435 e. The van der Waals surface area contributed by atoms with Crippen LogP contribution in [0.3, 0.4) is 0 Å². The normalized spacial score (nSPS) is 22.7. The highest BCUT2D eigenvalue weighted by molar-refractivity contribution is 5.80. The van der Waals surface area contributed by atoms with Gasteiger partial charge in [-0.25, -0.2) is 0 Å². The Hall–Kier alpha value is -2.55. The topological polar surface area (TPSA) is 48.7 Å². The molecule has 6 nitrogen and oxygen atoms in total. The van der Waals surface area contributed by atoms with E-state index in [0.717, 1.165) is 32.6 Å². The number of likely N-dealkylation sites (tertiary alicyclic amines) is 2. The lowest BCUT2D eigenvalue weighted by Crippen LogP contribution is -2.56. The molecule has 9 heteroatoms. The molecule has 0 bridgehead atoms. The van der Waals surface area contributed by atoms with Gasteiger partial charge in [0.1, 0.15) is 0 Å². The van der Waals surface area contributed by atoms with Gasteiger partial charge in [0, 0.05) is 58.1 Å². The Bertz CT molecular complexity index is 924. The van der Waals surface area contributed by atoms with Crippen LogP contribution in [0.5, 0.6) is 0 Å². The molecule has 0 radical (unpaired) electrons. The molecule has 2 saturated heterocycles. The van der Waals surface area contributed by atoms with Crippen molar-refractivity contribution < 1.29 is 13.2 Å². The van der Waals surface area contributed by atoms with Crippen LogP contribution in [-0.2, 0) is 26.3 Å². The Balaban J connectivity index is 1.38. The van der Waals surface area contributed by atoms with Crippen LogP contribution >= 0.6 is 0 Å². The Morgan fingerprint density at radius 3 is 2.69 bits per heavy atom. The van der Waals surface area contributed by atoms with Crippen LogP contribution in [0.4, 0.5) is 13.2 Å². The van der Waals surface area contributed by atoms with Gasteiger partial charge in [-0.1, -0.05) is 30.3 Å². The number of hydrogen-bond donors (Lipinski definition) is 1. The summed E-state index contributed by atoms with van der Waals surface area (Å²) in [4.78, 5) is 9.15. The maximum absolute atomic E-state index is 13.3. The standard InChI is InChI=1S/C23H31F3N6/c1-27-22(28-13-19-15-30(2)29-21(19)23(24,25)26)32-12-10-20-18(16-32)9-6-11-31(20)14-17-7-4-3-5-8-17/h3-5,7-8,15,18,20H,6,9-14,16H2,1-2H3,(H,27,28). The number of halogens is 3. The molecule has 1 aromatic heterocycles. The third-order valence-corrected chi connectivity index (χ3v) is 6.53. The molecule has 2 unspecified atom stereocenters. The molecule has 1 aromatic carbocycles. The quantitative estimate of drug-likeness (QED) is 0.575. The summed E-state index contributed by atoms with van der Waals surface area (Å²) in [6, 6.07) is 11.1. The van der Waals surface area contributed by atoms with Crippen LogP contribution in [0, 0.1) is 5.92 Å². The Labute approximate surface area is 187 Å². The van der Waals surface area contributed by atoms with E-state index in [9.17, 15) is 13.2 Å². The molecule has 3 heterocycles. The fraction of sp³-hybridized carbons (Fsp3) is 0.565. The van der Waals surface area contributed by atoms with Gasteiger partial charge in [-0.05, 0) is 37.3 Å². The number of guanidine groups is 1. The van der Waals surface area contributed by atoms with E-state index in [-0.39, 0.29) is 12.1 Å². The number of piperidine rings is 2. The van der Waals surface area contributed by atoms with E-state index in [1.807, 2.05) is 6.07 Å². The van der Waals surface area contributed by atoms with E-state index in [2.05, 4.69) is 49.5 Å². The van der Waals surface area contributed by atoms with Gasteiger partial charge in [-0.15, -0.1) is 0 Å². The van der Waals surface area contributed by atoms with Gasteiger partial charge >= 0.3 is 6.18 Å². The molecule has 4 rings (SSSR count). The van der Waals surface area contributed by atoms with Crippen LogP contribution in [0.15, 0.2) is 41.5 Å². The molecular formula is C23H31F3N6. The number of fused-ring (bicyclic) bond motifs is 1. The van der Waals surface area contributed by atoms with Gasteiger partial charge in [0.05, 0.1) is 0 Å². The summed E-state index contributed by atoms with van der Waals surface area (Å²) in [5, 5.41) is 6.72. The lowest BCUT2D eigenvalue weighted by molar-refractivity contribution is -0.142. The summed E-state index contributed by atoms with van der Waals surface area (Å²) < 4.78 is 41.0. The number of aliphatic imine (C=N–C) groups is 1. The first-order valence-corrected chi connectivity index (χ1v) is 11.2. The monoisotopic (exact) mass is 448 g/mol. The average Bonchev–Trinajstić information content (AvgIpc) is 3.16. The van der Waals surface area contributed by atoms with E-state index in [1.165, 1.54) is 36.3 Å². The summed E-state index contributed by atoms with van der Waals surface area (Å²) in [6.45, 7) is 3.83. The Kier molecular flexibility index (Phi) is 6.74. The van der Waals surface area contributed by atoms with Gasteiger partial charge in [-0.3, -0.25) is 14.6 Å². The Morgan fingerprint density at radius 2 is 1.97 bits per heavy atom. The molecule has 2 aromatic rings. The zero-order valence-corrected chi connectivity index (χ0v) is 18.6. The van der Waals surface area contributed by atoms with Crippen molar-refractivity contribution in [2.45, 2.75) is 44.6 Å². The van der Waals surface area contributed by atoms with Crippen LogP contribution < -0.4 is 5.32 Å². The van der Waals surface area contributed by atoms with Crippen molar-refractivity contribution in [3.8, 4) is 0 Å². The smallest absolute Gasteiger partial charge is 0.352 e. The van der Waals surface area contributed by atoms with Gasteiger partial charge in [0.2, 0.25) is 0 Å². The summed E-state index contributed by atoms with van der Waals surface area (Å²) in [6.07, 6.45) is 0.310. The molecule has 2 aliphatic heterocycles. The second kappa shape index (κ2) is 9.52. The van der Waals surface area contributed by atoms with Crippen LogP contribution in [0.1, 0.15) is 36.1 Å². The predicted octanol–water partition coefficient (Wildman–Crippen LogP) is 3.50. The van der Waals surface area contributed by atoms with Crippen LogP contribution in [0.2, 0.25) is 0 Å². The number of aromatic nitrogens is 2. The minimum Gasteiger partial charge on any atom is -0.352 e. The van der Waals surface area contributed by atoms with E-state index in [0.29, 0.717) is 17.9 Å². The van der Waals surface area contributed by atoms with Crippen LogP contribution in [0.25, 0.3) is 0 Å². The fourth-order valence-corrected chi connectivity index (χ4v) is 5.13. The summed E-state index contributed by atoms with van der Waals surface area (Å²) in [5.74, 6) is 1.18. The van der Waals surface area contributed by atoms with Crippen molar-refractivity contribution >= 4 is 5.96 Å². The second-order valence-corrected chi connectivity index (χ2v) is 8.74. The van der Waals surface area contributed by atoms with Crippen molar-refractivity contribution in [2.24, 2.45) is 18.0 Å². The third-order valence-electron chi connectivity index (χ3n) is 6.53. The fourth-order valence-electron chi connectivity index (χ4n) is 5.13. The molecule has 0 saturated carbocycles. The average molecular weight is 449 g/mol. The summed E-state index contributed by atoms with van der Waals surface area (Å²) in [7, 11) is 3.19.